The molecule has 8 bridgehead atoms. The number of aromatic amines is 2. The summed E-state index contributed by atoms with van der Waals surface area (Å²) in [5.41, 5.74) is 12.4. The Morgan fingerprint density at radius 1 is 0.769 bits per heavy atom. The summed E-state index contributed by atoms with van der Waals surface area (Å²) in [6, 6.07) is 9.98. The van der Waals surface area contributed by atoms with Gasteiger partial charge in [-0.25, -0.2) is 9.97 Å². The predicted molar refractivity (Wildman–Crippen MR) is 149 cm³/mol. The number of carboxylic acid groups (broad SMARTS) is 2. The zero-order valence-electron chi connectivity index (χ0n) is 22.3. The molecule has 0 fully saturated rings. The number of rotatable bonds is 6. The normalized spacial score (nSPS) is 12.8. The van der Waals surface area contributed by atoms with Gasteiger partial charge in [0.2, 0.25) is 0 Å². The Morgan fingerprint density at radius 3 is 2.18 bits per heavy atom. The van der Waals surface area contributed by atoms with E-state index < -0.39 is 11.9 Å². The number of fused-ring (bicyclic) bond motifs is 8. The molecule has 2 aliphatic rings. The quantitative estimate of drug-likeness (QED) is 0.259. The molecule has 0 saturated carbocycles. The molecule has 0 saturated heterocycles. The Kier molecular flexibility index (Phi) is 7.95. The van der Waals surface area contributed by atoms with Gasteiger partial charge in [-0.2, -0.15) is 0 Å². The Balaban J connectivity index is 0.00000353. The molecule has 1 radical (unpaired) electrons. The summed E-state index contributed by atoms with van der Waals surface area (Å²) in [6.45, 7) is 8.01. The summed E-state index contributed by atoms with van der Waals surface area (Å²) in [5, 5.41) is 18.7. The summed E-state index contributed by atoms with van der Waals surface area (Å²) in [4.78, 5) is 39.5. The number of hydrogen-bond acceptors (Lipinski definition) is 4. The zero-order chi connectivity index (χ0) is 27.1. The van der Waals surface area contributed by atoms with Gasteiger partial charge >= 0.3 is 11.9 Å². The number of hydrogen-bond donors (Lipinski definition) is 4. The van der Waals surface area contributed by atoms with Gasteiger partial charge in [0.1, 0.15) is 0 Å². The summed E-state index contributed by atoms with van der Waals surface area (Å²) < 4.78 is 0. The van der Waals surface area contributed by atoms with E-state index in [2.05, 4.69) is 16.0 Å². The monoisotopic (exact) mass is 565 g/mol. The molecule has 0 amide bonds. The Bertz CT molecular complexity index is 1730. The van der Waals surface area contributed by atoms with E-state index in [0.717, 1.165) is 72.6 Å². The van der Waals surface area contributed by atoms with Crippen LogP contribution >= 0.6 is 0 Å². The van der Waals surface area contributed by atoms with Crippen LogP contribution in [0.25, 0.3) is 44.9 Å². The number of carboxylic acids is 2. The van der Waals surface area contributed by atoms with Crippen LogP contribution in [0.1, 0.15) is 72.6 Å². The largest absolute Gasteiger partial charge is 0.481 e. The van der Waals surface area contributed by atoms with Crippen LogP contribution < -0.4 is 0 Å². The molecule has 39 heavy (non-hydrogen) atoms. The van der Waals surface area contributed by atoms with Crippen molar-refractivity contribution in [2.75, 3.05) is 0 Å². The summed E-state index contributed by atoms with van der Waals surface area (Å²) in [6.07, 6.45) is 2.74. The maximum Gasteiger partial charge on any atom is 0.303 e. The second-order valence-corrected chi connectivity index (χ2v) is 9.98. The topological polar surface area (TPSA) is 132 Å². The number of aliphatic carboxylic acids is 2. The third kappa shape index (κ3) is 5.75. The Hall–Kier alpha value is -3.94. The van der Waals surface area contributed by atoms with Crippen LogP contribution in [0.2, 0.25) is 0 Å². The van der Waals surface area contributed by atoms with E-state index in [1.165, 1.54) is 0 Å². The number of carbonyl (C=O) groups is 2. The minimum atomic E-state index is -0.868. The van der Waals surface area contributed by atoms with Gasteiger partial charge in [0.25, 0.3) is 0 Å². The van der Waals surface area contributed by atoms with E-state index in [1.807, 2.05) is 58.0 Å². The molecule has 5 heterocycles. The molecule has 8 nitrogen and oxygen atoms in total. The smallest absolute Gasteiger partial charge is 0.303 e. The van der Waals surface area contributed by atoms with Crippen LogP contribution in [0.5, 0.6) is 0 Å². The zero-order valence-corrected chi connectivity index (χ0v) is 23.5. The van der Waals surface area contributed by atoms with Crippen LogP contribution in [0, 0.1) is 13.8 Å². The molecule has 0 unspecified atom stereocenters. The van der Waals surface area contributed by atoms with Gasteiger partial charge in [-0.1, -0.05) is 0 Å². The first-order valence-electron chi connectivity index (χ1n) is 12.6. The number of nitrogens with zero attached hydrogens (tertiary/aromatic N) is 2. The molecule has 2 aliphatic heterocycles. The molecule has 0 aromatic carbocycles. The molecule has 4 N–H and O–H groups in total. The van der Waals surface area contributed by atoms with Crippen molar-refractivity contribution in [3.05, 3.63) is 69.8 Å². The van der Waals surface area contributed by atoms with Crippen LogP contribution in [-0.4, -0.2) is 42.1 Å². The molecule has 9 heteroatoms. The van der Waals surface area contributed by atoms with Crippen molar-refractivity contribution in [2.45, 2.75) is 53.4 Å². The van der Waals surface area contributed by atoms with Crippen molar-refractivity contribution < 1.29 is 36.9 Å². The maximum atomic E-state index is 11.4. The first kappa shape index (κ1) is 28.1. The molecule has 0 atom stereocenters. The van der Waals surface area contributed by atoms with Gasteiger partial charge in [0, 0.05) is 52.0 Å². The number of nitrogens with one attached hydrogen (secondary N) is 2. The van der Waals surface area contributed by atoms with Gasteiger partial charge in [0.15, 0.2) is 0 Å². The van der Waals surface area contributed by atoms with E-state index >= 15 is 0 Å². The fraction of sp³-hybridized carbons (Fsp3) is 0.267. The van der Waals surface area contributed by atoms with Gasteiger partial charge in [0.05, 0.1) is 22.8 Å². The third-order valence-corrected chi connectivity index (χ3v) is 7.26. The van der Waals surface area contributed by atoms with E-state index in [1.54, 1.807) is 0 Å². The molecular weight excluding hydrogens is 535 g/mol. The van der Waals surface area contributed by atoms with Crippen LogP contribution in [0.4, 0.5) is 0 Å². The fourth-order valence-electron chi connectivity index (χ4n) is 5.11. The average Bonchev–Trinajstić information content (AvgIpc) is 3.53. The second kappa shape index (κ2) is 11.0. The number of aryl methyl sites for hydroxylation is 3. The van der Waals surface area contributed by atoms with E-state index in [-0.39, 0.29) is 29.9 Å². The molecule has 0 spiro atoms. The van der Waals surface area contributed by atoms with E-state index in [4.69, 9.17) is 9.97 Å². The van der Waals surface area contributed by atoms with Crippen LogP contribution in [0.3, 0.4) is 0 Å². The standard InChI is InChI=1S/C30H30N4O4.Mn/c1-15-9-20-12-25-17(3)21(5-7-29(35)36)27(33-25)14-28-22(6-8-30(37)38)18(4)26(34-28)13-24-16(2)10-19(32-24)11-23(15)31-20;/h9-14,31,34H,5-8H2,1-4H3,(H,35,36)(H,37,38);. The average molecular weight is 566 g/mol. The molecule has 201 valence electrons. The molecule has 0 aliphatic carbocycles. The van der Waals surface area contributed by atoms with Crippen molar-refractivity contribution in [3.8, 4) is 0 Å². The number of allylic oxidation sites excluding steroid dienone is 3. The number of aromatic nitrogens is 4. The van der Waals surface area contributed by atoms with Gasteiger partial charge < -0.3 is 20.2 Å². The molecule has 3 aromatic rings. The predicted octanol–water partition coefficient (Wildman–Crippen LogP) is 6.30. The van der Waals surface area contributed by atoms with Crippen molar-refractivity contribution in [2.24, 2.45) is 0 Å². The molecule has 3 aromatic heterocycles. The van der Waals surface area contributed by atoms with Gasteiger partial charge in [-0.3, -0.25) is 9.59 Å². The van der Waals surface area contributed by atoms with Crippen molar-refractivity contribution in [1.82, 2.24) is 19.9 Å². The first-order valence-corrected chi connectivity index (χ1v) is 12.6. The fourth-order valence-corrected chi connectivity index (χ4v) is 5.11. The third-order valence-electron chi connectivity index (χ3n) is 7.26. The van der Waals surface area contributed by atoms with E-state index in [0.29, 0.717) is 18.5 Å². The Morgan fingerprint density at radius 2 is 1.46 bits per heavy atom. The summed E-state index contributed by atoms with van der Waals surface area (Å²) >= 11 is 0. The minimum absolute atomic E-state index is 0. The van der Waals surface area contributed by atoms with Crippen molar-refractivity contribution in [1.29, 1.82) is 0 Å². The van der Waals surface area contributed by atoms with Crippen molar-refractivity contribution >= 4 is 56.8 Å². The number of H-pyrrole nitrogens is 2. The van der Waals surface area contributed by atoms with E-state index in [9.17, 15) is 19.8 Å². The molecular formula is C30H30MnN4O4. The minimum Gasteiger partial charge on any atom is -0.481 e. The maximum absolute atomic E-state index is 11.4. The van der Waals surface area contributed by atoms with Crippen molar-refractivity contribution in [3.63, 3.8) is 0 Å². The molecule has 5 rings (SSSR count). The first-order chi connectivity index (χ1) is 18.1. The van der Waals surface area contributed by atoms with Crippen LogP contribution in [-0.2, 0) is 33.1 Å². The van der Waals surface area contributed by atoms with Crippen LogP contribution in [0.15, 0.2) is 30.3 Å². The second-order valence-electron chi connectivity index (χ2n) is 9.98. The summed E-state index contributed by atoms with van der Waals surface area (Å²) in [5.74, 6) is -1.73. The van der Waals surface area contributed by atoms with Gasteiger partial charge in [-0.05, 0) is 110 Å². The van der Waals surface area contributed by atoms with Gasteiger partial charge in [-0.15, -0.1) is 0 Å². The summed E-state index contributed by atoms with van der Waals surface area (Å²) in [7, 11) is 0. The Labute approximate surface area is 236 Å². The SMILES string of the molecule is CC1=Cc2cc3[nH]c(cc4nc(cc5[nH]c(cc1n2)c(C)c5CCC(=O)O)C(CCC(=O)O)=C4C)cc3C.[Mn].